The maximum atomic E-state index is 12.5. The Hall–Kier alpha value is -2.43. The number of allylic oxidation sites excluding steroid dienone is 2. The molecule has 0 spiro atoms. The zero-order valence-corrected chi connectivity index (χ0v) is 12.9. The minimum Gasteiger partial charge on any atom is -0.494 e. The molecule has 1 aliphatic heterocycles. The molecule has 2 aliphatic carbocycles. The lowest BCUT2D eigenvalue weighted by molar-refractivity contribution is -0.140. The predicted octanol–water partition coefficient (Wildman–Crippen LogP) is 2.23. The molecule has 0 aromatic heterocycles. The van der Waals surface area contributed by atoms with Gasteiger partial charge in [-0.3, -0.25) is 9.59 Å². The highest BCUT2D eigenvalue weighted by Crippen LogP contribution is 2.52. The molecule has 1 saturated heterocycles. The number of hydrogen-bond acceptors (Lipinski definition) is 4. The van der Waals surface area contributed by atoms with Gasteiger partial charge in [0.25, 0.3) is 11.8 Å². The van der Waals surface area contributed by atoms with E-state index in [1.165, 1.54) is 0 Å². The smallest absolute Gasteiger partial charge is 0.254 e. The average Bonchev–Trinajstić information content (AvgIpc) is 3.22. The van der Waals surface area contributed by atoms with E-state index in [0.29, 0.717) is 6.61 Å². The van der Waals surface area contributed by atoms with Gasteiger partial charge in [0.05, 0.1) is 24.7 Å². The maximum absolute atomic E-state index is 12.5. The van der Waals surface area contributed by atoms with E-state index in [1.807, 2.05) is 31.2 Å². The molecule has 1 saturated carbocycles. The van der Waals surface area contributed by atoms with Crippen molar-refractivity contribution in [2.75, 3.05) is 6.61 Å². The van der Waals surface area contributed by atoms with Gasteiger partial charge in [-0.1, -0.05) is 12.2 Å². The Balaban J connectivity index is 1.51. The van der Waals surface area contributed by atoms with Crippen LogP contribution >= 0.6 is 0 Å². The van der Waals surface area contributed by atoms with E-state index < -0.39 is 0 Å². The van der Waals surface area contributed by atoms with Crippen molar-refractivity contribution in [2.45, 2.75) is 13.3 Å². The molecule has 4 atom stereocenters. The second-order valence-electron chi connectivity index (χ2n) is 6.23. The van der Waals surface area contributed by atoms with Crippen molar-refractivity contribution < 1.29 is 14.3 Å². The Labute approximate surface area is 134 Å². The summed E-state index contributed by atoms with van der Waals surface area (Å²) in [4.78, 5) is 25.0. The molecule has 0 radical (unpaired) electrons. The van der Waals surface area contributed by atoms with Crippen LogP contribution in [0.5, 0.6) is 5.75 Å². The Morgan fingerprint density at radius 2 is 1.74 bits per heavy atom. The van der Waals surface area contributed by atoms with Crippen molar-refractivity contribution in [3.8, 4) is 5.75 Å². The van der Waals surface area contributed by atoms with E-state index in [2.05, 4.69) is 17.3 Å². The summed E-state index contributed by atoms with van der Waals surface area (Å²) in [6.07, 6.45) is 6.65. The third kappa shape index (κ3) is 2.19. The zero-order valence-electron chi connectivity index (χ0n) is 12.9. The van der Waals surface area contributed by atoms with Crippen molar-refractivity contribution in [1.29, 1.82) is 0 Å². The quantitative estimate of drug-likeness (QED) is 0.487. The summed E-state index contributed by atoms with van der Waals surface area (Å²) in [7, 11) is 0. The molecule has 2 amide bonds. The van der Waals surface area contributed by atoms with Gasteiger partial charge in [-0.25, -0.2) is 0 Å². The van der Waals surface area contributed by atoms with Gasteiger partial charge >= 0.3 is 0 Å². The first-order chi connectivity index (χ1) is 11.2. The topological polar surface area (TPSA) is 59.0 Å². The number of carbonyl (C=O) groups excluding carboxylic acids is 2. The fourth-order valence-corrected chi connectivity index (χ4v) is 3.94. The molecule has 3 aliphatic rings. The molecule has 1 aromatic carbocycles. The first-order valence-electron chi connectivity index (χ1n) is 8.02. The molecule has 23 heavy (non-hydrogen) atoms. The summed E-state index contributed by atoms with van der Waals surface area (Å²) >= 11 is 0. The van der Waals surface area contributed by atoms with E-state index in [0.717, 1.165) is 22.7 Å². The lowest BCUT2D eigenvalue weighted by Gasteiger charge is -2.13. The summed E-state index contributed by atoms with van der Waals surface area (Å²) in [5.41, 5.74) is 0.826. The van der Waals surface area contributed by atoms with Gasteiger partial charge in [0, 0.05) is 0 Å². The Bertz CT molecular complexity index is 677. The molecule has 1 aromatic rings. The van der Waals surface area contributed by atoms with Gasteiger partial charge in [0.2, 0.25) is 0 Å². The molecule has 4 rings (SSSR count). The number of nitrogens with zero attached hydrogens (tertiary/aromatic N) is 2. The molecule has 118 valence electrons. The number of rotatable bonds is 4. The molecule has 2 bridgehead atoms. The van der Waals surface area contributed by atoms with Crippen LogP contribution in [0.4, 0.5) is 0 Å². The molecule has 5 heteroatoms. The number of fused-ring (bicyclic) bond motifs is 5. The lowest BCUT2D eigenvalue weighted by atomic mass is 9.85. The molecule has 2 fully saturated rings. The molecular weight excluding hydrogens is 292 g/mol. The maximum Gasteiger partial charge on any atom is 0.254 e. The standard InChI is InChI=1S/C18H18N2O3/c1-2-23-14-7-3-11(4-8-14)10-19-20-17(21)15-12-5-6-13(9-12)16(15)18(20)22/h3-8,10,12-13,15-16H,2,9H2,1H3/t12-,13-,15-,16+/m0/s1. The van der Waals surface area contributed by atoms with Gasteiger partial charge in [0.1, 0.15) is 5.75 Å². The van der Waals surface area contributed by atoms with Crippen LogP contribution in [0.1, 0.15) is 18.9 Å². The van der Waals surface area contributed by atoms with E-state index >= 15 is 0 Å². The van der Waals surface area contributed by atoms with Crippen LogP contribution in [0, 0.1) is 23.7 Å². The van der Waals surface area contributed by atoms with Gasteiger partial charge in [-0.15, -0.1) is 0 Å². The molecule has 1 heterocycles. The van der Waals surface area contributed by atoms with Gasteiger partial charge < -0.3 is 4.74 Å². The summed E-state index contributed by atoms with van der Waals surface area (Å²) in [6, 6.07) is 7.39. The van der Waals surface area contributed by atoms with Crippen LogP contribution in [0.15, 0.2) is 41.5 Å². The van der Waals surface area contributed by atoms with Crippen molar-refractivity contribution in [3.05, 3.63) is 42.0 Å². The van der Waals surface area contributed by atoms with Crippen LogP contribution in [-0.2, 0) is 9.59 Å². The third-order valence-electron chi connectivity index (χ3n) is 4.96. The summed E-state index contributed by atoms with van der Waals surface area (Å²) in [6.45, 7) is 2.54. The minimum atomic E-state index is -0.199. The second-order valence-corrected chi connectivity index (χ2v) is 6.23. The highest BCUT2D eigenvalue weighted by molar-refractivity contribution is 6.06. The number of ether oxygens (including phenoxy) is 1. The van der Waals surface area contributed by atoms with Crippen LogP contribution in [0.25, 0.3) is 0 Å². The fraction of sp³-hybridized carbons (Fsp3) is 0.389. The number of hydrogen-bond donors (Lipinski definition) is 0. The summed E-state index contributed by atoms with van der Waals surface area (Å²) in [5.74, 6) is 0.512. The predicted molar refractivity (Wildman–Crippen MR) is 84.8 cm³/mol. The molecule has 5 nitrogen and oxygen atoms in total. The molecular formula is C18H18N2O3. The van der Waals surface area contributed by atoms with Crippen LogP contribution in [0.2, 0.25) is 0 Å². The minimum absolute atomic E-state index is 0.154. The van der Waals surface area contributed by atoms with Crippen LogP contribution in [-0.4, -0.2) is 29.6 Å². The first kappa shape index (κ1) is 14.2. The van der Waals surface area contributed by atoms with E-state index in [9.17, 15) is 9.59 Å². The van der Waals surface area contributed by atoms with Crippen molar-refractivity contribution >= 4 is 18.0 Å². The first-order valence-corrected chi connectivity index (χ1v) is 8.02. The lowest BCUT2D eigenvalue weighted by Crippen LogP contribution is -2.28. The number of hydrazone groups is 1. The Morgan fingerprint density at radius 3 is 2.30 bits per heavy atom. The largest absolute Gasteiger partial charge is 0.494 e. The zero-order chi connectivity index (χ0) is 16.0. The van der Waals surface area contributed by atoms with E-state index in [1.54, 1.807) is 6.21 Å². The molecule has 0 N–H and O–H groups in total. The third-order valence-corrected chi connectivity index (χ3v) is 4.96. The molecule has 0 unspecified atom stereocenters. The highest BCUT2D eigenvalue weighted by atomic mass is 16.5. The highest BCUT2D eigenvalue weighted by Gasteiger charge is 2.59. The second kappa shape index (κ2) is 5.33. The number of carbonyl (C=O) groups is 2. The normalized spacial score (nSPS) is 31.4. The average molecular weight is 310 g/mol. The van der Waals surface area contributed by atoms with E-state index in [4.69, 9.17) is 4.74 Å². The Morgan fingerprint density at radius 1 is 1.13 bits per heavy atom. The number of amides is 2. The van der Waals surface area contributed by atoms with Crippen molar-refractivity contribution in [2.24, 2.45) is 28.8 Å². The summed E-state index contributed by atoms with van der Waals surface area (Å²) < 4.78 is 5.38. The van der Waals surface area contributed by atoms with Gasteiger partial charge in [-0.05, 0) is 55.0 Å². The monoisotopic (exact) mass is 310 g/mol. The Kier molecular flexibility index (Phi) is 3.29. The van der Waals surface area contributed by atoms with E-state index in [-0.39, 0.29) is 35.5 Å². The van der Waals surface area contributed by atoms with Crippen molar-refractivity contribution in [3.63, 3.8) is 0 Å². The fourth-order valence-electron chi connectivity index (χ4n) is 3.94. The SMILES string of the molecule is CCOc1ccc(C=NN2C(=O)[C@@H]3[C@H](C2=O)[C@H]2C=C[C@H]3C2)cc1. The van der Waals surface area contributed by atoms with Crippen LogP contribution in [0.3, 0.4) is 0 Å². The number of benzene rings is 1. The van der Waals surface area contributed by atoms with Gasteiger partial charge in [0.15, 0.2) is 0 Å². The summed E-state index contributed by atoms with van der Waals surface area (Å²) in [5, 5.41) is 5.22. The van der Waals surface area contributed by atoms with Crippen LogP contribution < -0.4 is 4.74 Å². The van der Waals surface area contributed by atoms with Crippen molar-refractivity contribution in [1.82, 2.24) is 5.01 Å². The number of imide groups is 1. The van der Waals surface area contributed by atoms with Gasteiger partial charge in [-0.2, -0.15) is 10.1 Å².